The van der Waals surface area contributed by atoms with Gasteiger partial charge in [-0.15, -0.1) is 0 Å². The molecule has 0 amide bonds. The fourth-order valence-corrected chi connectivity index (χ4v) is 4.18. The Bertz CT molecular complexity index is 1460. The highest BCUT2D eigenvalue weighted by Gasteiger charge is 2.29. The van der Waals surface area contributed by atoms with Crippen molar-refractivity contribution in [3.63, 3.8) is 0 Å². The van der Waals surface area contributed by atoms with Crippen LogP contribution in [0.15, 0.2) is 97.1 Å². The molecule has 4 heteroatoms. The molecule has 146 valence electrons. The summed E-state index contributed by atoms with van der Waals surface area (Å²) >= 11 is 0. The molecular weight excluding hydrogens is 382 g/mol. The molecule has 4 aromatic carbocycles. The van der Waals surface area contributed by atoms with Crippen molar-refractivity contribution in [3.8, 4) is 22.6 Å². The molecule has 6 rings (SSSR count). The average Bonchev–Trinajstić information content (AvgIpc) is 2.84. The van der Waals surface area contributed by atoms with Crippen LogP contribution < -0.4 is 5.32 Å². The summed E-state index contributed by atoms with van der Waals surface area (Å²) in [6.45, 7) is 0. The van der Waals surface area contributed by atoms with Gasteiger partial charge in [0.25, 0.3) is 0 Å². The number of ketones is 1. The van der Waals surface area contributed by atoms with Crippen LogP contribution in [-0.2, 0) is 0 Å². The van der Waals surface area contributed by atoms with E-state index in [0.29, 0.717) is 17.0 Å². The fourth-order valence-electron chi connectivity index (χ4n) is 4.18. The highest BCUT2D eigenvalue weighted by atomic mass is 16.1. The van der Waals surface area contributed by atoms with Crippen LogP contribution in [0.1, 0.15) is 15.9 Å². The molecule has 31 heavy (non-hydrogen) atoms. The van der Waals surface area contributed by atoms with Gasteiger partial charge >= 0.3 is 0 Å². The van der Waals surface area contributed by atoms with Gasteiger partial charge in [-0.3, -0.25) is 4.79 Å². The second-order valence-electron chi connectivity index (χ2n) is 7.51. The fraction of sp³-hybridized carbons (Fsp3) is 0. The first-order chi connectivity index (χ1) is 15.3. The van der Waals surface area contributed by atoms with Gasteiger partial charge in [0.2, 0.25) is 0 Å². The van der Waals surface area contributed by atoms with Crippen LogP contribution in [0.25, 0.3) is 33.5 Å². The Hall–Kier alpha value is -4.31. The van der Waals surface area contributed by atoms with Crippen molar-refractivity contribution >= 4 is 28.1 Å². The summed E-state index contributed by atoms with van der Waals surface area (Å²) in [4.78, 5) is 23.3. The lowest BCUT2D eigenvalue weighted by Gasteiger charge is -2.22. The number of nitrogens with zero attached hydrogens (tertiary/aromatic N) is 2. The van der Waals surface area contributed by atoms with E-state index in [0.717, 1.165) is 39.1 Å². The summed E-state index contributed by atoms with van der Waals surface area (Å²) in [5.74, 6) is 0.644. The molecule has 0 aliphatic heterocycles. The molecule has 0 bridgehead atoms. The molecule has 0 saturated heterocycles. The molecule has 1 heterocycles. The van der Waals surface area contributed by atoms with Crippen LogP contribution in [0.2, 0.25) is 0 Å². The Kier molecular flexibility index (Phi) is 3.90. The van der Waals surface area contributed by atoms with E-state index < -0.39 is 0 Å². The number of hydrogen-bond donors (Lipinski definition) is 1. The Balaban J connectivity index is 1.66. The molecule has 1 aliphatic rings. The normalized spacial score (nSPS) is 11.9. The number of carbonyl (C=O) groups is 1. The number of aromatic nitrogens is 2. The molecule has 0 atom stereocenters. The second kappa shape index (κ2) is 6.89. The minimum Gasteiger partial charge on any atom is -0.355 e. The van der Waals surface area contributed by atoms with E-state index in [4.69, 9.17) is 9.97 Å². The van der Waals surface area contributed by atoms with Gasteiger partial charge in [0.05, 0.1) is 22.5 Å². The predicted octanol–water partition coefficient (Wildman–Crippen LogP) is 6.25. The number of carbonyl (C=O) groups excluding carboxylic acids is 1. The smallest absolute Gasteiger partial charge is 0.196 e. The van der Waals surface area contributed by atoms with E-state index in [2.05, 4.69) is 5.32 Å². The predicted molar refractivity (Wildman–Crippen MR) is 124 cm³/mol. The molecule has 1 aromatic heterocycles. The van der Waals surface area contributed by atoms with Crippen molar-refractivity contribution in [2.45, 2.75) is 0 Å². The number of rotatable bonds is 3. The maximum absolute atomic E-state index is 13.6. The summed E-state index contributed by atoms with van der Waals surface area (Å²) in [6.07, 6.45) is 0. The highest BCUT2D eigenvalue weighted by molar-refractivity contribution is 6.27. The van der Waals surface area contributed by atoms with Crippen LogP contribution in [0.5, 0.6) is 0 Å². The molecule has 0 unspecified atom stereocenters. The zero-order chi connectivity index (χ0) is 20.8. The molecule has 1 N–H and O–H groups in total. The van der Waals surface area contributed by atoms with Crippen molar-refractivity contribution in [1.82, 2.24) is 9.97 Å². The summed E-state index contributed by atoms with van der Waals surface area (Å²) < 4.78 is 0. The third kappa shape index (κ3) is 2.81. The molecule has 0 saturated carbocycles. The Morgan fingerprint density at radius 1 is 0.645 bits per heavy atom. The molecular formula is C27H17N3O. The second-order valence-corrected chi connectivity index (χ2v) is 7.51. The van der Waals surface area contributed by atoms with Gasteiger partial charge < -0.3 is 5.32 Å². The Morgan fingerprint density at radius 2 is 1.32 bits per heavy atom. The summed E-state index contributed by atoms with van der Waals surface area (Å²) in [5.41, 5.74) is 6.32. The Labute approximate surface area is 179 Å². The number of hydrogen-bond acceptors (Lipinski definition) is 4. The first kappa shape index (κ1) is 17.5. The molecule has 1 aliphatic carbocycles. The van der Waals surface area contributed by atoms with Gasteiger partial charge in [0, 0.05) is 27.8 Å². The van der Waals surface area contributed by atoms with Gasteiger partial charge in [-0.2, -0.15) is 0 Å². The van der Waals surface area contributed by atoms with E-state index in [9.17, 15) is 4.79 Å². The maximum Gasteiger partial charge on any atom is 0.196 e. The standard InChI is InChI=1S/C27H17N3O/c31-26-20-14-8-7-13-19(20)25-23-21(29-27(30-25)17-9-3-1-4-10-17)15-16-22(24(23)26)28-18-11-5-2-6-12-18/h1-16,28H. The van der Waals surface area contributed by atoms with Crippen LogP contribution in [0.4, 0.5) is 11.4 Å². The Morgan fingerprint density at radius 3 is 2.10 bits per heavy atom. The van der Waals surface area contributed by atoms with Crippen molar-refractivity contribution < 1.29 is 4.79 Å². The van der Waals surface area contributed by atoms with E-state index in [1.807, 2.05) is 97.1 Å². The van der Waals surface area contributed by atoms with Gasteiger partial charge in [-0.1, -0.05) is 72.8 Å². The van der Waals surface area contributed by atoms with Crippen LogP contribution in [-0.4, -0.2) is 15.8 Å². The third-order valence-electron chi connectivity index (χ3n) is 5.60. The molecule has 4 nitrogen and oxygen atoms in total. The summed E-state index contributed by atoms with van der Waals surface area (Å²) in [5, 5.41) is 4.20. The van der Waals surface area contributed by atoms with Crippen molar-refractivity contribution in [1.29, 1.82) is 0 Å². The van der Waals surface area contributed by atoms with E-state index in [-0.39, 0.29) is 5.78 Å². The lowest BCUT2D eigenvalue weighted by atomic mass is 9.85. The third-order valence-corrected chi connectivity index (χ3v) is 5.60. The number of fused-ring (bicyclic) bond motifs is 2. The first-order valence-electron chi connectivity index (χ1n) is 10.2. The average molecular weight is 399 g/mol. The molecule has 0 radical (unpaired) electrons. The topological polar surface area (TPSA) is 54.9 Å². The lowest BCUT2D eigenvalue weighted by Crippen LogP contribution is -2.14. The number of para-hydroxylation sites is 1. The largest absolute Gasteiger partial charge is 0.355 e. The zero-order valence-corrected chi connectivity index (χ0v) is 16.5. The van der Waals surface area contributed by atoms with Crippen molar-refractivity contribution in [2.75, 3.05) is 5.32 Å². The van der Waals surface area contributed by atoms with Crippen molar-refractivity contribution in [3.05, 3.63) is 108 Å². The van der Waals surface area contributed by atoms with Crippen molar-refractivity contribution in [2.24, 2.45) is 0 Å². The minimum atomic E-state index is -0.0109. The van der Waals surface area contributed by atoms with E-state index >= 15 is 0 Å². The van der Waals surface area contributed by atoms with E-state index in [1.165, 1.54) is 0 Å². The van der Waals surface area contributed by atoms with Crippen LogP contribution >= 0.6 is 0 Å². The minimum absolute atomic E-state index is 0.0109. The van der Waals surface area contributed by atoms with E-state index in [1.54, 1.807) is 0 Å². The number of benzene rings is 4. The highest BCUT2D eigenvalue weighted by Crippen LogP contribution is 2.42. The molecule has 0 spiro atoms. The summed E-state index contributed by atoms with van der Waals surface area (Å²) in [7, 11) is 0. The van der Waals surface area contributed by atoms with Gasteiger partial charge in [-0.05, 0) is 24.3 Å². The molecule has 0 fully saturated rings. The van der Waals surface area contributed by atoms with Gasteiger partial charge in [0.15, 0.2) is 11.6 Å². The summed E-state index contributed by atoms with van der Waals surface area (Å²) in [6, 6.07) is 31.3. The first-order valence-corrected chi connectivity index (χ1v) is 10.2. The van der Waals surface area contributed by atoms with Crippen LogP contribution in [0.3, 0.4) is 0 Å². The molecule has 5 aromatic rings. The number of nitrogens with one attached hydrogen (secondary N) is 1. The maximum atomic E-state index is 13.6. The number of anilines is 2. The monoisotopic (exact) mass is 399 g/mol. The van der Waals surface area contributed by atoms with Gasteiger partial charge in [0.1, 0.15) is 0 Å². The lowest BCUT2D eigenvalue weighted by molar-refractivity contribution is 0.104. The SMILES string of the molecule is O=C1c2ccccc2-c2nc(-c3ccccc3)nc3ccc(Nc4ccccc4)c1c23. The zero-order valence-electron chi connectivity index (χ0n) is 16.5. The quantitative estimate of drug-likeness (QED) is 0.382. The van der Waals surface area contributed by atoms with Gasteiger partial charge in [-0.25, -0.2) is 9.97 Å². The van der Waals surface area contributed by atoms with Crippen LogP contribution in [0, 0.1) is 0 Å².